The first kappa shape index (κ1) is 11.5. The minimum absolute atomic E-state index is 0.573. The van der Waals surface area contributed by atoms with E-state index >= 15 is 0 Å². The van der Waals surface area contributed by atoms with Gasteiger partial charge in [0.05, 0.1) is 0 Å². The zero-order valence-electron chi connectivity index (χ0n) is 10.4. The van der Waals surface area contributed by atoms with Crippen molar-refractivity contribution in [2.24, 2.45) is 0 Å². The molecule has 1 aliphatic heterocycles. The zero-order valence-corrected chi connectivity index (χ0v) is 10.4. The summed E-state index contributed by atoms with van der Waals surface area (Å²) in [5.74, 6) is 0. The third-order valence-electron chi connectivity index (χ3n) is 3.43. The van der Waals surface area contributed by atoms with Crippen LogP contribution < -0.4 is 10.2 Å². The van der Waals surface area contributed by atoms with Crippen LogP contribution in [0.15, 0.2) is 24.3 Å². The number of fused-ring (bicyclic) bond motifs is 1. The van der Waals surface area contributed by atoms with Gasteiger partial charge in [-0.3, -0.25) is 0 Å². The Morgan fingerprint density at radius 2 is 2.12 bits per heavy atom. The average molecular weight is 218 g/mol. The summed E-state index contributed by atoms with van der Waals surface area (Å²) in [4.78, 5) is 2.55. The van der Waals surface area contributed by atoms with E-state index in [1.807, 2.05) is 7.05 Å². The number of nitrogens with one attached hydrogen (secondary N) is 1. The Morgan fingerprint density at radius 1 is 1.31 bits per heavy atom. The number of benzene rings is 1. The van der Waals surface area contributed by atoms with Gasteiger partial charge in [-0.05, 0) is 44.9 Å². The van der Waals surface area contributed by atoms with Gasteiger partial charge >= 0.3 is 0 Å². The van der Waals surface area contributed by atoms with Gasteiger partial charge in [0.1, 0.15) is 0 Å². The Balaban J connectivity index is 2.25. The topological polar surface area (TPSA) is 15.3 Å². The quantitative estimate of drug-likeness (QED) is 0.838. The highest BCUT2D eigenvalue weighted by atomic mass is 15.2. The Labute approximate surface area is 98.7 Å². The molecule has 0 radical (unpaired) electrons. The highest BCUT2D eigenvalue weighted by Gasteiger charge is 2.18. The number of hydrogen-bond acceptors (Lipinski definition) is 2. The van der Waals surface area contributed by atoms with Gasteiger partial charge in [-0.25, -0.2) is 0 Å². The molecule has 0 fully saturated rings. The molecule has 0 saturated heterocycles. The van der Waals surface area contributed by atoms with Crippen LogP contribution in [0.2, 0.25) is 0 Å². The fourth-order valence-electron chi connectivity index (χ4n) is 2.58. The summed E-state index contributed by atoms with van der Waals surface area (Å²) in [6.45, 7) is 4.55. The lowest BCUT2D eigenvalue weighted by atomic mass is 10.1. The van der Waals surface area contributed by atoms with Crippen molar-refractivity contribution in [3.8, 4) is 0 Å². The van der Waals surface area contributed by atoms with Crippen molar-refractivity contribution in [3.63, 3.8) is 0 Å². The molecule has 1 aromatic carbocycles. The maximum absolute atomic E-state index is 3.27. The lowest BCUT2D eigenvalue weighted by Gasteiger charge is -2.31. The van der Waals surface area contributed by atoms with Crippen LogP contribution in [0, 0.1) is 0 Å². The summed E-state index contributed by atoms with van der Waals surface area (Å²) >= 11 is 0. The van der Waals surface area contributed by atoms with E-state index in [-0.39, 0.29) is 0 Å². The number of aryl methyl sites for hydroxylation is 1. The van der Waals surface area contributed by atoms with Gasteiger partial charge in [-0.1, -0.05) is 18.2 Å². The van der Waals surface area contributed by atoms with Crippen molar-refractivity contribution in [3.05, 3.63) is 29.8 Å². The molecule has 88 valence electrons. The van der Waals surface area contributed by atoms with Gasteiger partial charge < -0.3 is 10.2 Å². The molecule has 0 aliphatic carbocycles. The monoisotopic (exact) mass is 218 g/mol. The molecule has 2 nitrogen and oxygen atoms in total. The average Bonchev–Trinajstić information content (AvgIpc) is 2.51. The van der Waals surface area contributed by atoms with E-state index in [4.69, 9.17) is 0 Å². The zero-order chi connectivity index (χ0) is 11.4. The Bertz CT molecular complexity index is 335. The number of hydrogen-bond donors (Lipinski definition) is 1. The van der Waals surface area contributed by atoms with Crippen LogP contribution in [-0.4, -0.2) is 26.2 Å². The summed E-state index contributed by atoms with van der Waals surface area (Å²) in [5.41, 5.74) is 2.96. The van der Waals surface area contributed by atoms with Crippen LogP contribution in [0.3, 0.4) is 0 Å². The second-order valence-electron chi connectivity index (χ2n) is 4.69. The van der Waals surface area contributed by atoms with E-state index in [0.29, 0.717) is 6.04 Å². The summed E-state index contributed by atoms with van der Waals surface area (Å²) in [5, 5.41) is 3.27. The third-order valence-corrected chi connectivity index (χ3v) is 3.43. The molecular formula is C14H22N2. The fourth-order valence-corrected chi connectivity index (χ4v) is 2.58. The molecule has 1 unspecified atom stereocenters. The molecule has 1 N–H and O–H groups in total. The van der Waals surface area contributed by atoms with E-state index in [2.05, 4.69) is 41.4 Å². The van der Waals surface area contributed by atoms with Crippen LogP contribution in [0.4, 0.5) is 5.69 Å². The third kappa shape index (κ3) is 2.38. The molecule has 2 rings (SSSR count). The van der Waals surface area contributed by atoms with Crippen molar-refractivity contribution in [2.45, 2.75) is 32.2 Å². The summed E-state index contributed by atoms with van der Waals surface area (Å²) in [7, 11) is 2.03. The van der Waals surface area contributed by atoms with E-state index in [1.54, 1.807) is 0 Å². The van der Waals surface area contributed by atoms with E-state index in [9.17, 15) is 0 Å². The van der Waals surface area contributed by atoms with Gasteiger partial charge in [0.25, 0.3) is 0 Å². The summed E-state index contributed by atoms with van der Waals surface area (Å²) in [6, 6.07) is 9.44. The van der Waals surface area contributed by atoms with Gasteiger partial charge in [-0.15, -0.1) is 0 Å². The summed E-state index contributed by atoms with van der Waals surface area (Å²) in [6.07, 6.45) is 3.86. The molecule has 0 aromatic heterocycles. The predicted molar refractivity (Wildman–Crippen MR) is 70.1 cm³/mol. The maximum Gasteiger partial charge on any atom is 0.0401 e. The van der Waals surface area contributed by atoms with Crippen molar-refractivity contribution in [2.75, 3.05) is 25.0 Å². The van der Waals surface area contributed by atoms with Gasteiger partial charge in [0.15, 0.2) is 0 Å². The second kappa shape index (κ2) is 5.35. The lowest BCUT2D eigenvalue weighted by molar-refractivity contribution is 0.584. The Kier molecular flexibility index (Phi) is 3.83. The molecule has 2 heteroatoms. The molecule has 0 amide bonds. The van der Waals surface area contributed by atoms with Crippen LogP contribution in [0.25, 0.3) is 0 Å². The van der Waals surface area contributed by atoms with E-state index in [1.165, 1.54) is 37.1 Å². The Hall–Kier alpha value is -1.02. The van der Waals surface area contributed by atoms with Crippen molar-refractivity contribution in [1.29, 1.82) is 0 Å². The second-order valence-corrected chi connectivity index (χ2v) is 4.69. The van der Waals surface area contributed by atoms with Crippen LogP contribution in [-0.2, 0) is 6.42 Å². The minimum atomic E-state index is 0.573. The first-order valence-corrected chi connectivity index (χ1v) is 6.32. The number of para-hydroxylation sites is 1. The molecule has 1 aromatic rings. The lowest BCUT2D eigenvalue weighted by Crippen LogP contribution is -2.40. The van der Waals surface area contributed by atoms with Crippen LogP contribution in [0.1, 0.15) is 25.3 Å². The first-order chi connectivity index (χ1) is 7.83. The van der Waals surface area contributed by atoms with Crippen molar-refractivity contribution in [1.82, 2.24) is 5.32 Å². The summed E-state index contributed by atoms with van der Waals surface area (Å²) < 4.78 is 0. The van der Waals surface area contributed by atoms with Crippen LogP contribution in [0.5, 0.6) is 0 Å². The smallest absolute Gasteiger partial charge is 0.0401 e. The SMILES string of the molecule is CNCC(C)N1CCCCc2ccccc21. The van der Waals surface area contributed by atoms with Crippen molar-refractivity contribution < 1.29 is 0 Å². The Morgan fingerprint density at radius 3 is 2.94 bits per heavy atom. The van der Waals surface area contributed by atoms with E-state index < -0.39 is 0 Å². The minimum Gasteiger partial charge on any atom is -0.367 e. The molecule has 1 aliphatic rings. The number of likely N-dealkylation sites (N-methyl/N-ethyl adjacent to an activating group) is 1. The van der Waals surface area contributed by atoms with Gasteiger partial charge in [-0.2, -0.15) is 0 Å². The fraction of sp³-hybridized carbons (Fsp3) is 0.571. The maximum atomic E-state index is 3.27. The standard InChI is InChI=1S/C14H22N2/c1-12(11-15-2)16-10-6-5-8-13-7-3-4-9-14(13)16/h3-4,7,9,12,15H,5-6,8,10-11H2,1-2H3. The normalized spacial score (nSPS) is 17.8. The largest absolute Gasteiger partial charge is 0.367 e. The van der Waals surface area contributed by atoms with Crippen molar-refractivity contribution >= 4 is 5.69 Å². The molecule has 0 bridgehead atoms. The highest BCUT2D eigenvalue weighted by Crippen LogP contribution is 2.27. The number of anilines is 1. The molecule has 1 heterocycles. The molecule has 1 atom stereocenters. The number of nitrogens with zero attached hydrogens (tertiary/aromatic N) is 1. The molecule has 0 saturated carbocycles. The molecule has 0 spiro atoms. The molecule has 16 heavy (non-hydrogen) atoms. The highest BCUT2D eigenvalue weighted by molar-refractivity contribution is 5.55. The predicted octanol–water partition coefficient (Wildman–Crippen LogP) is 2.44. The molecular weight excluding hydrogens is 196 g/mol. The first-order valence-electron chi connectivity index (χ1n) is 6.32. The van der Waals surface area contributed by atoms with E-state index in [0.717, 1.165) is 6.54 Å². The number of rotatable bonds is 3. The van der Waals surface area contributed by atoms with Crippen LogP contribution >= 0.6 is 0 Å². The van der Waals surface area contributed by atoms with Gasteiger partial charge in [0, 0.05) is 24.8 Å². The van der Waals surface area contributed by atoms with Gasteiger partial charge in [0.2, 0.25) is 0 Å².